The highest BCUT2D eigenvalue weighted by atomic mass is 16.5. The van der Waals surface area contributed by atoms with Crippen LogP contribution in [-0.2, 0) is 0 Å². The number of ether oxygens (including phenoxy) is 3. The van der Waals surface area contributed by atoms with Crippen molar-refractivity contribution in [3.8, 4) is 17.2 Å². The van der Waals surface area contributed by atoms with Crippen LogP contribution >= 0.6 is 0 Å². The maximum absolute atomic E-state index is 10.3. The number of rotatable bonds is 6. The number of aryl methyl sites for hydroxylation is 1. The van der Waals surface area contributed by atoms with Gasteiger partial charge in [-0.1, -0.05) is 17.7 Å². The van der Waals surface area contributed by atoms with E-state index in [1.165, 1.54) is 0 Å². The van der Waals surface area contributed by atoms with E-state index in [0.717, 1.165) is 16.9 Å². The van der Waals surface area contributed by atoms with Crippen molar-refractivity contribution in [2.75, 3.05) is 20.8 Å². The molecule has 0 bridgehead atoms. The third-order valence-electron chi connectivity index (χ3n) is 3.19. The van der Waals surface area contributed by atoms with E-state index < -0.39 is 6.10 Å². The Bertz CT molecular complexity index is 595. The van der Waals surface area contributed by atoms with E-state index in [1.54, 1.807) is 20.3 Å². The Balaban J connectivity index is 2.07. The molecule has 0 aliphatic heterocycles. The average molecular weight is 288 g/mol. The molecule has 1 N–H and O–H groups in total. The fourth-order valence-corrected chi connectivity index (χ4v) is 2.07. The van der Waals surface area contributed by atoms with Gasteiger partial charge in [0.25, 0.3) is 0 Å². The van der Waals surface area contributed by atoms with Crippen molar-refractivity contribution in [1.82, 2.24) is 0 Å². The molecule has 0 aliphatic carbocycles. The van der Waals surface area contributed by atoms with Crippen LogP contribution in [0.3, 0.4) is 0 Å². The van der Waals surface area contributed by atoms with Crippen molar-refractivity contribution >= 4 is 0 Å². The zero-order valence-electron chi connectivity index (χ0n) is 12.5. The number of benzene rings is 2. The molecule has 2 aromatic rings. The molecule has 0 heterocycles. The van der Waals surface area contributed by atoms with Gasteiger partial charge in [0.15, 0.2) is 0 Å². The molecule has 0 spiro atoms. The van der Waals surface area contributed by atoms with Gasteiger partial charge in [-0.2, -0.15) is 0 Å². The summed E-state index contributed by atoms with van der Waals surface area (Å²) >= 11 is 0. The maximum Gasteiger partial charge on any atom is 0.124 e. The van der Waals surface area contributed by atoms with E-state index in [1.807, 2.05) is 43.3 Å². The van der Waals surface area contributed by atoms with E-state index in [0.29, 0.717) is 11.5 Å². The van der Waals surface area contributed by atoms with Gasteiger partial charge in [0, 0.05) is 11.6 Å². The summed E-state index contributed by atoms with van der Waals surface area (Å²) < 4.78 is 16.0. The summed E-state index contributed by atoms with van der Waals surface area (Å²) in [5, 5.41) is 10.3. The van der Waals surface area contributed by atoms with Crippen LogP contribution in [0.5, 0.6) is 17.2 Å². The molecule has 0 amide bonds. The zero-order valence-corrected chi connectivity index (χ0v) is 12.5. The first-order chi connectivity index (χ1) is 10.1. The van der Waals surface area contributed by atoms with Crippen LogP contribution in [-0.4, -0.2) is 25.9 Å². The molecule has 21 heavy (non-hydrogen) atoms. The fraction of sp³-hybridized carbons (Fsp3) is 0.294. The Kier molecular flexibility index (Phi) is 5.06. The molecule has 4 heteroatoms. The Labute approximate surface area is 124 Å². The minimum absolute atomic E-state index is 0.146. The lowest BCUT2D eigenvalue weighted by atomic mass is 10.1. The highest BCUT2D eigenvalue weighted by Crippen LogP contribution is 2.27. The highest BCUT2D eigenvalue weighted by molar-refractivity contribution is 5.39. The van der Waals surface area contributed by atoms with Crippen molar-refractivity contribution in [3.05, 3.63) is 53.6 Å². The molecule has 1 atom stereocenters. The van der Waals surface area contributed by atoms with E-state index in [2.05, 4.69) is 0 Å². The molecule has 0 radical (unpaired) electrons. The second-order valence-electron chi connectivity index (χ2n) is 4.75. The first-order valence-electron chi connectivity index (χ1n) is 6.73. The third-order valence-corrected chi connectivity index (χ3v) is 3.19. The lowest BCUT2D eigenvalue weighted by Gasteiger charge is -2.16. The Morgan fingerprint density at radius 2 is 1.76 bits per heavy atom. The summed E-state index contributed by atoms with van der Waals surface area (Å²) in [7, 11) is 3.19. The SMILES string of the molecule is COc1cccc(OCC(O)c2cc(C)ccc2OC)c1. The summed E-state index contributed by atoms with van der Waals surface area (Å²) in [6.07, 6.45) is -0.758. The zero-order chi connectivity index (χ0) is 15.2. The Morgan fingerprint density at radius 3 is 2.48 bits per heavy atom. The molecule has 4 nitrogen and oxygen atoms in total. The van der Waals surface area contributed by atoms with Crippen LogP contribution in [0.1, 0.15) is 17.2 Å². The van der Waals surface area contributed by atoms with Crippen molar-refractivity contribution in [2.45, 2.75) is 13.0 Å². The average Bonchev–Trinajstić information content (AvgIpc) is 2.52. The molecule has 0 aliphatic rings. The second-order valence-corrected chi connectivity index (χ2v) is 4.75. The van der Waals surface area contributed by atoms with Gasteiger partial charge in [-0.15, -0.1) is 0 Å². The van der Waals surface area contributed by atoms with Gasteiger partial charge in [-0.25, -0.2) is 0 Å². The first kappa shape index (κ1) is 15.2. The molecule has 0 aromatic heterocycles. The molecular weight excluding hydrogens is 268 g/mol. The largest absolute Gasteiger partial charge is 0.497 e. The van der Waals surface area contributed by atoms with Crippen LogP contribution in [0.25, 0.3) is 0 Å². The van der Waals surface area contributed by atoms with Gasteiger partial charge in [0.05, 0.1) is 14.2 Å². The summed E-state index contributed by atoms with van der Waals surface area (Å²) in [6, 6.07) is 13.0. The van der Waals surface area contributed by atoms with Gasteiger partial charge in [0.1, 0.15) is 30.0 Å². The van der Waals surface area contributed by atoms with E-state index >= 15 is 0 Å². The van der Waals surface area contributed by atoms with Crippen molar-refractivity contribution < 1.29 is 19.3 Å². The summed E-state index contributed by atoms with van der Waals surface area (Å²) in [5.74, 6) is 2.03. The van der Waals surface area contributed by atoms with E-state index in [4.69, 9.17) is 14.2 Å². The standard InChI is InChI=1S/C17H20O4/c1-12-7-8-17(20-3)15(9-12)16(18)11-21-14-6-4-5-13(10-14)19-2/h4-10,16,18H,11H2,1-3H3. The van der Waals surface area contributed by atoms with Gasteiger partial charge in [0.2, 0.25) is 0 Å². The summed E-state index contributed by atoms with van der Waals surface area (Å²) in [4.78, 5) is 0. The smallest absolute Gasteiger partial charge is 0.124 e. The fourth-order valence-electron chi connectivity index (χ4n) is 2.07. The van der Waals surface area contributed by atoms with Crippen LogP contribution in [0.4, 0.5) is 0 Å². The highest BCUT2D eigenvalue weighted by Gasteiger charge is 2.14. The molecule has 0 saturated heterocycles. The molecule has 1 unspecified atom stereocenters. The van der Waals surface area contributed by atoms with Crippen LogP contribution in [0.2, 0.25) is 0 Å². The topological polar surface area (TPSA) is 47.9 Å². The van der Waals surface area contributed by atoms with E-state index in [9.17, 15) is 5.11 Å². The third kappa shape index (κ3) is 3.89. The van der Waals surface area contributed by atoms with Crippen molar-refractivity contribution in [1.29, 1.82) is 0 Å². The Morgan fingerprint density at radius 1 is 1.00 bits per heavy atom. The van der Waals surface area contributed by atoms with Gasteiger partial charge < -0.3 is 19.3 Å². The number of hydrogen-bond acceptors (Lipinski definition) is 4. The molecule has 112 valence electrons. The normalized spacial score (nSPS) is 11.8. The lowest BCUT2D eigenvalue weighted by Crippen LogP contribution is -2.11. The minimum atomic E-state index is -0.758. The maximum atomic E-state index is 10.3. The number of methoxy groups -OCH3 is 2. The lowest BCUT2D eigenvalue weighted by molar-refractivity contribution is 0.105. The molecular formula is C17H20O4. The van der Waals surface area contributed by atoms with Crippen molar-refractivity contribution in [2.24, 2.45) is 0 Å². The number of aliphatic hydroxyl groups excluding tert-OH is 1. The predicted molar refractivity (Wildman–Crippen MR) is 81.2 cm³/mol. The molecule has 0 saturated carbocycles. The number of hydrogen-bond donors (Lipinski definition) is 1. The minimum Gasteiger partial charge on any atom is -0.497 e. The Hall–Kier alpha value is -2.20. The summed E-state index contributed by atoms with van der Waals surface area (Å²) in [5.41, 5.74) is 1.78. The summed E-state index contributed by atoms with van der Waals surface area (Å²) in [6.45, 7) is 2.12. The first-order valence-corrected chi connectivity index (χ1v) is 6.73. The van der Waals surface area contributed by atoms with Gasteiger partial charge in [-0.05, 0) is 31.2 Å². The van der Waals surface area contributed by atoms with Crippen LogP contribution in [0.15, 0.2) is 42.5 Å². The van der Waals surface area contributed by atoms with Crippen molar-refractivity contribution in [3.63, 3.8) is 0 Å². The van der Waals surface area contributed by atoms with Crippen LogP contribution in [0, 0.1) is 6.92 Å². The van der Waals surface area contributed by atoms with E-state index in [-0.39, 0.29) is 6.61 Å². The molecule has 2 rings (SSSR count). The molecule has 2 aromatic carbocycles. The quantitative estimate of drug-likeness (QED) is 0.887. The predicted octanol–water partition coefficient (Wildman–Crippen LogP) is 3.12. The van der Waals surface area contributed by atoms with Gasteiger partial charge >= 0.3 is 0 Å². The monoisotopic (exact) mass is 288 g/mol. The number of aliphatic hydroxyl groups is 1. The van der Waals surface area contributed by atoms with Gasteiger partial charge in [-0.3, -0.25) is 0 Å². The second kappa shape index (κ2) is 6.99. The van der Waals surface area contributed by atoms with Crippen LogP contribution < -0.4 is 14.2 Å². The molecule has 0 fully saturated rings.